The molecule has 0 aliphatic heterocycles. The Bertz CT molecular complexity index is 569. The zero-order valence-electron chi connectivity index (χ0n) is 12.4. The predicted octanol–water partition coefficient (Wildman–Crippen LogP) is 2.92. The Morgan fingerprint density at radius 3 is 2.62 bits per heavy atom. The van der Waals surface area contributed by atoms with Crippen molar-refractivity contribution in [2.45, 2.75) is 43.5 Å². The third-order valence-corrected chi connectivity index (χ3v) is 5.86. The van der Waals surface area contributed by atoms with E-state index in [1.807, 2.05) is 13.1 Å². The Hall–Kier alpha value is -0.620. The Labute approximate surface area is 132 Å². The van der Waals surface area contributed by atoms with Gasteiger partial charge in [0, 0.05) is 13.1 Å². The van der Waals surface area contributed by atoms with Gasteiger partial charge in [-0.3, -0.25) is 0 Å². The second-order valence-electron chi connectivity index (χ2n) is 5.65. The maximum atomic E-state index is 12.4. The Morgan fingerprint density at radius 2 is 1.95 bits per heavy atom. The highest BCUT2D eigenvalue weighted by atomic mass is 35.5. The molecule has 6 heteroatoms. The molecule has 1 aliphatic rings. The number of halogens is 1. The first-order valence-electron chi connectivity index (χ1n) is 7.45. The first-order valence-corrected chi connectivity index (χ1v) is 9.32. The highest BCUT2D eigenvalue weighted by Gasteiger charge is 2.21. The van der Waals surface area contributed by atoms with Crippen LogP contribution in [0.5, 0.6) is 0 Å². The van der Waals surface area contributed by atoms with E-state index >= 15 is 0 Å². The van der Waals surface area contributed by atoms with E-state index in [0.717, 1.165) is 18.4 Å². The lowest BCUT2D eigenvalue weighted by atomic mass is 9.90. The van der Waals surface area contributed by atoms with Crippen molar-refractivity contribution in [3.8, 4) is 0 Å². The fourth-order valence-corrected chi connectivity index (χ4v) is 4.43. The maximum Gasteiger partial charge on any atom is 0.242 e. The monoisotopic (exact) mass is 330 g/mol. The molecule has 1 saturated carbocycles. The fraction of sp³-hybridized carbons (Fsp3) is 0.600. The second-order valence-corrected chi connectivity index (χ2v) is 7.79. The third-order valence-electron chi connectivity index (χ3n) is 3.95. The molecule has 0 heterocycles. The van der Waals surface area contributed by atoms with Gasteiger partial charge in [0.15, 0.2) is 0 Å². The minimum absolute atomic E-state index is 0.174. The summed E-state index contributed by atoms with van der Waals surface area (Å²) >= 11 is 6.06. The molecular weight excluding hydrogens is 308 g/mol. The minimum atomic E-state index is -3.54. The summed E-state index contributed by atoms with van der Waals surface area (Å²) in [7, 11) is -1.72. The normalized spacial score (nSPS) is 17.0. The topological polar surface area (TPSA) is 58.2 Å². The summed E-state index contributed by atoms with van der Waals surface area (Å²) in [5, 5.41) is 3.28. The van der Waals surface area contributed by atoms with Crippen LogP contribution in [0.4, 0.5) is 0 Å². The first-order chi connectivity index (χ1) is 10.0. The minimum Gasteiger partial charge on any atom is -0.316 e. The van der Waals surface area contributed by atoms with Gasteiger partial charge in [-0.25, -0.2) is 13.1 Å². The van der Waals surface area contributed by atoms with Crippen LogP contribution in [-0.4, -0.2) is 22.0 Å². The van der Waals surface area contributed by atoms with Gasteiger partial charge in [0.25, 0.3) is 0 Å². The summed E-state index contributed by atoms with van der Waals surface area (Å²) in [5.41, 5.74) is 0.903. The standard InChI is InChI=1S/C15H23ClN2O2S/c1-17-10-13-7-8-14(16)15(9-13)21(19,20)18-11-12-5-3-2-4-6-12/h7-9,12,17-18H,2-6,10-11H2,1H3. The molecule has 0 bridgehead atoms. The van der Waals surface area contributed by atoms with Crippen molar-refractivity contribution >= 4 is 21.6 Å². The van der Waals surface area contributed by atoms with Crippen LogP contribution in [0, 0.1) is 5.92 Å². The van der Waals surface area contributed by atoms with Crippen molar-refractivity contribution < 1.29 is 8.42 Å². The maximum absolute atomic E-state index is 12.4. The molecule has 4 nitrogen and oxygen atoms in total. The molecule has 2 rings (SSSR count). The zero-order chi connectivity index (χ0) is 15.3. The summed E-state index contributed by atoms with van der Waals surface area (Å²) in [5.74, 6) is 0.452. The molecule has 0 aromatic heterocycles. The number of nitrogens with one attached hydrogen (secondary N) is 2. The van der Waals surface area contributed by atoms with E-state index in [9.17, 15) is 8.42 Å². The van der Waals surface area contributed by atoms with Gasteiger partial charge in [0.2, 0.25) is 10.0 Å². The van der Waals surface area contributed by atoms with Crippen LogP contribution in [0.3, 0.4) is 0 Å². The average Bonchev–Trinajstić information content (AvgIpc) is 2.48. The summed E-state index contributed by atoms with van der Waals surface area (Å²) in [6.07, 6.45) is 5.88. The van der Waals surface area contributed by atoms with Gasteiger partial charge in [-0.15, -0.1) is 0 Å². The quantitative estimate of drug-likeness (QED) is 0.843. The van der Waals surface area contributed by atoms with E-state index in [0.29, 0.717) is 19.0 Å². The lowest BCUT2D eigenvalue weighted by molar-refractivity contribution is 0.357. The van der Waals surface area contributed by atoms with Crippen molar-refractivity contribution in [2.75, 3.05) is 13.6 Å². The Morgan fingerprint density at radius 1 is 1.24 bits per heavy atom. The molecule has 0 spiro atoms. The van der Waals surface area contributed by atoms with Gasteiger partial charge in [-0.2, -0.15) is 0 Å². The molecule has 118 valence electrons. The van der Waals surface area contributed by atoms with E-state index < -0.39 is 10.0 Å². The van der Waals surface area contributed by atoms with Crippen molar-refractivity contribution in [1.29, 1.82) is 0 Å². The van der Waals surface area contributed by atoms with Crippen LogP contribution in [-0.2, 0) is 16.6 Å². The number of benzene rings is 1. The van der Waals surface area contributed by atoms with E-state index in [2.05, 4.69) is 10.0 Å². The van der Waals surface area contributed by atoms with Crippen molar-refractivity contribution in [3.63, 3.8) is 0 Å². The summed E-state index contributed by atoms with van der Waals surface area (Å²) < 4.78 is 27.6. The highest BCUT2D eigenvalue weighted by molar-refractivity contribution is 7.89. The smallest absolute Gasteiger partial charge is 0.242 e. The second kappa shape index (κ2) is 7.58. The number of rotatable bonds is 6. The molecule has 1 fully saturated rings. The van der Waals surface area contributed by atoms with Gasteiger partial charge in [0.05, 0.1) is 5.02 Å². The van der Waals surface area contributed by atoms with Crippen molar-refractivity contribution in [2.24, 2.45) is 5.92 Å². The lowest BCUT2D eigenvalue weighted by Gasteiger charge is -2.21. The van der Waals surface area contributed by atoms with Gasteiger partial charge >= 0.3 is 0 Å². The van der Waals surface area contributed by atoms with E-state index in [4.69, 9.17) is 11.6 Å². The van der Waals surface area contributed by atoms with Crippen LogP contribution in [0.1, 0.15) is 37.7 Å². The van der Waals surface area contributed by atoms with Crippen LogP contribution in [0.15, 0.2) is 23.1 Å². The molecule has 0 radical (unpaired) electrons. The Kier molecular flexibility index (Phi) is 6.05. The lowest BCUT2D eigenvalue weighted by Crippen LogP contribution is -2.30. The third kappa shape index (κ3) is 4.68. The van der Waals surface area contributed by atoms with Crippen LogP contribution < -0.4 is 10.0 Å². The van der Waals surface area contributed by atoms with Gasteiger partial charge < -0.3 is 5.32 Å². The highest BCUT2D eigenvalue weighted by Crippen LogP contribution is 2.25. The van der Waals surface area contributed by atoms with Crippen LogP contribution in [0.2, 0.25) is 5.02 Å². The molecule has 0 unspecified atom stereocenters. The molecular formula is C15H23ClN2O2S. The predicted molar refractivity (Wildman–Crippen MR) is 86.0 cm³/mol. The van der Waals surface area contributed by atoms with E-state index in [1.54, 1.807) is 12.1 Å². The molecule has 21 heavy (non-hydrogen) atoms. The van der Waals surface area contributed by atoms with Gasteiger partial charge in [-0.05, 0) is 43.5 Å². The molecule has 0 amide bonds. The zero-order valence-corrected chi connectivity index (χ0v) is 13.9. The van der Waals surface area contributed by atoms with Gasteiger partial charge in [0.1, 0.15) is 4.90 Å². The largest absolute Gasteiger partial charge is 0.316 e. The fourth-order valence-electron chi connectivity index (χ4n) is 2.76. The Balaban J connectivity index is 2.08. The van der Waals surface area contributed by atoms with Gasteiger partial charge in [-0.1, -0.05) is 36.9 Å². The number of hydrogen-bond donors (Lipinski definition) is 2. The molecule has 1 aromatic carbocycles. The molecule has 0 atom stereocenters. The summed E-state index contributed by atoms with van der Waals surface area (Å²) in [6, 6.07) is 5.12. The number of sulfonamides is 1. The number of hydrogen-bond acceptors (Lipinski definition) is 3. The SMILES string of the molecule is CNCc1ccc(Cl)c(S(=O)(=O)NCC2CCCCC2)c1. The van der Waals surface area contributed by atoms with Crippen molar-refractivity contribution in [1.82, 2.24) is 10.0 Å². The van der Waals surface area contributed by atoms with Crippen LogP contribution in [0.25, 0.3) is 0 Å². The molecule has 1 aliphatic carbocycles. The summed E-state index contributed by atoms with van der Waals surface area (Å²) in [4.78, 5) is 0.174. The molecule has 0 saturated heterocycles. The van der Waals surface area contributed by atoms with E-state index in [-0.39, 0.29) is 9.92 Å². The van der Waals surface area contributed by atoms with E-state index in [1.165, 1.54) is 19.3 Å². The summed E-state index contributed by atoms with van der Waals surface area (Å²) in [6.45, 7) is 1.12. The molecule has 1 aromatic rings. The first kappa shape index (κ1) is 16.7. The molecule has 2 N–H and O–H groups in total. The van der Waals surface area contributed by atoms with Crippen molar-refractivity contribution in [3.05, 3.63) is 28.8 Å². The van der Waals surface area contributed by atoms with Crippen LogP contribution >= 0.6 is 11.6 Å². The average molecular weight is 331 g/mol.